The smallest absolute Gasteiger partial charge is 0.416 e. The van der Waals surface area contributed by atoms with Crippen LogP contribution in [0.2, 0.25) is 0 Å². The number of furan rings is 1. The monoisotopic (exact) mass is 355 g/mol. The molecule has 1 heterocycles. The quantitative estimate of drug-likeness (QED) is 0.891. The first kappa shape index (κ1) is 18.6. The van der Waals surface area contributed by atoms with Crippen molar-refractivity contribution in [1.82, 2.24) is 4.90 Å². The second-order valence-electron chi connectivity index (χ2n) is 5.60. The number of benzene rings is 1. The van der Waals surface area contributed by atoms with Crippen molar-refractivity contribution >= 4 is 11.9 Å². The number of aryl methyl sites for hydroxylation is 1. The third-order valence-corrected chi connectivity index (χ3v) is 3.65. The van der Waals surface area contributed by atoms with Crippen molar-refractivity contribution in [3.8, 4) is 0 Å². The minimum absolute atomic E-state index is 0.0223. The lowest BCUT2D eigenvalue weighted by atomic mass is 10.1. The van der Waals surface area contributed by atoms with Gasteiger partial charge >= 0.3 is 12.1 Å². The number of halogens is 3. The van der Waals surface area contributed by atoms with Gasteiger partial charge in [-0.15, -0.1) is 0 Å². The van der Waals surface area contributed by atoms with Gasteiger partial charge in [0.05, 0.1) is 17.4 Å². The molecule has 0 atom stereocenters. The van der Waals surface area contributed by atoms with Crippen molar-refractivity contribution in [3.05, 3.63) is 58.5 Å². The number of carboxylic acids is 1. The molecule has 0 saturated heterocycles. The normalized spacial score (nSPS) is 11.4. The zero-order valence-corrected chi connectivity index (χ0v) is 13.6. The molecular formula is C17H16F3NO4. The summed E-state index contributed by atoms with van der Waals surface area (Å²) in [6.45, 7) is 1.30. The number of alkyl halides is 3. The van der Waals surface area contributed by atoms with Gasteiger partial charge in [-0.05, 0) is 18.6 Å². The van der Waals surface area contributed by atoms with Crippen molar-refractivity contribution in [2.45, 2.75) is 26.1 Å². The molecule has 0 unspecified atom stereocenters. The third kappa shape index (κ3) is 4.20. The molecule has 1 amide bonds. The first-order valence-corrected chi connectivity index (χ1v) is 7.30. The van der Waals surface area contributed by atoms with Crippen molar-refractivity contribution in [2.24, 2.45) is 0 Å². The Hall–Kier alpha value is -2.77. The summed E-state index contributed by atoms with van der Waals surface area (Å²) < 4.78 is 44.3. The molecule has 5 nitrogen and oxygen atoms in total. The Labute approximate surface area is 141 Å². The number of carbonyl (C=O) groups is 2. The number of carboxylic acid groups (broad SMARTS) is 1. The average molecular weight is 355 g/mol. The molecule has 0 fully saturated rings. The third-order valence-electron chi connectivity index (χ3n) is 3.65. The van der Waals surface area contributed by atoms with Gasteiger partial charge in [0, 0.05) is 19.2 Å². The minimum atomic E-state index is -4.53. The van der Waals surface area contributed by atoms with E-state index in [0.29, 0.717) is 5.56 Å². The van der Waals surface area contributed by atoms with Crippen LogP contribution in [-0.4, -0.2) is 28.9 Å². The van der Waals surface area contributed by atoms with Gasteiger partial charge in [-0.2, -0.15) is 13.2 Å². The van der Waals surface area contributed by atoms with Crippen LogP contribution in [0.25, 0.3) is 0 Å². The zero-order valence-electron chi connectivity index (χ0n) is 13.6. The molecule has 2 rings (SSSR count). The summed E-state index contributed by atoms with van der Waals surface area (Å²) in [6.07, 6.45) is -3.76. The molecule has 0 aliphatic carbocycles. The lowest BCUT2D eigenvalue weighted by molar-refractivity contribution is -0.138. The predicted octanol–water partition coefficient (Wildman–Crippen LogP) is 3.51. The molecule has 0 aliphatic heterocycles. The van der Waals surface area contributed by atoms with Crippen LogP contribution < -0.4 is 0 Å². The van der Waals surface area contributed by atoms with Crippen LogP contribution in [0.3, 0.4) is 0 Å². The fraction of sp³-hybridized carbons (Fsp3) is 0.294. The Bertz CT molecular complexity index is 795. The van der Waals surface area contributed by atoms with Crippen LogP contribution in [0.5, 0.6) is 0 Å². The van der Waals surface area contributed by atoms with E-state index in [9.17, 15) is 22.8 Å². The highest BCUT2D eigenvalue weighted by Gasteiger charge is 2.33. The number of hydrogen-bond acceptors (Lipinski definition) is 3. The standard InChI is InChI=1S/C17H16F3NO4/c1-10-9-25-13(7-14(22)23)15(10)16(24)21(2)8-11-5-3-4-6-12(11)17(18,19)20/h3-6,9H,7-8H2,1-2H3,(H,22,23). The van der Waals surface area contributed by atoms with Gasteiger partial charge in [0.15, 0.2) is 0 Å². The van der Waals surface area contributed by atoms with E-state index < -0.39 is 30.0 Å². The largest absolute Gasteiger partial charge is 0.481 e. The van der Waals surface area contributed by atoms with Crippen molar-refractivity contribution in [1.29, 1.82) is 0 Å². The van der Waals surface area contributed by atoms with E-state index in [1.54, 1.807) is 6.92 Å². The van der Waals surface area contributed by atoms with E-state index in [-0.39, 0.29) is 23.4 Å². The van der Waals surface area contributed by atoms with Crippen LogP contribution in [0, 0.1) is 6.92 Å². The fourth-order valence-corrected chi connectivity index (χ4v) is 2.51. The first-order chi connectivity index (χ1) is 11.6. The Morgan fingerprint density at radius 3 is 2.48 bits per heavy atom. The van der Waals surface area contributed by atoms with Crippen molar-refractivity contribution < 1.29 is 32.3 Å². The van der Waals surface area contributed by atoms with Crippen LogP contribution in [0.4, 0.5) is 13.2 Å². The van der Waals surface area contributed by atoms with Crippen molar-refractivity contribution in [3.63, 3.8) is 0 Å². The van der Waals surface area contributed by atoms with Gasteiger partial charge in [0.1, 0.15) is 12.2 Å². The van der Waals surface area contributed by atoms with E-state index in [2.05, 4.69) is 0 Å². The van der Waals surface area contributed by atoms with Gasteiger partial charge in [-0.1, -0.05) is 18.2 Å². The lowest BCUT2D eigenvalue weighted by Gasteiger charge is -2.20. The maximum absolute atomic E-state index is 13.1. The molecule has 0 spiro atoms. The first-order valence-electron chi connectivity index (χ1n) is 7.30. The van der Waals surface area contributed by atoms with Crippen LogP contribution in [-0.2, 0) is 23.9 Å². The number of nitrogens with zero attached hydrogens (tertiary/aromatic N) is 1. The number of amides is 1. The summed E-state index contributed by atoms with van der Waals surface area (Å²) in [4.78, 5) is 24.5. The van der Waals surface area contributed by atoms with E-state index >= 15 is 0 Å². The van der Waals surface area contributed by atoms with Gasteiger partial charge in [-0.25, -0.2) is 0 Å². The van der Waals surface area contributed by atoms with Crippen LogP contribution in [0.15, 0.2) is 34.9 Å². The Morgan fingerprint density at radius 2 is 1.88 bits per heavy atom. The summed E-state index contributed by atoms with van der Waals surface area (Å²) in [5.41, 5.74) is -0.372. The summed E-state index contributed by atoms with van der Waals surface area (Å²) >= 11 is 0. The van der Waals surface area contributed by atoms with Gasteiger partial charge < -0.3 is 14.4 Å². The maximum Gasteiger partial charge on any atom is 0.416 e. The highest BCUT2D eigenvalue weighted by atomic mass is 19.4. The van der Waals surface area contributed by atoms with Crippen LogP contribution in [0.1, 0.15) is 32.8 Å². The Balaban J connectivity index is 2.29. The molecule has 0 saturated carbocycles. The number of aliphatic carboxylic acids is 1. The fourth-order valence-electron chi connectivity index (χ4n) is 2.51. The van der Waals surface area contributed by atoms with E-state index in [1.165, 1.54) is 31.5 Å². The van der Waals surface area contributed by atoms with Crippen LogP contribution >= 0.6 is 0 Å². The molecule has 1 aromatic carbocycles. The number of carbonyl (C=O) groups excluding carboxylic acids is 1. The average Bonchev–Trinajstić information content (AvgIpc) is 2.85. The van der Waals surface area contributed by atoms with Gasteiger partial charge in [0.25, 0.3) is 5.91 Å². The molecule has 1 N–H and O–H groups in total. The molecule has 8 heteroatoms. The van der Waals surface area contributed by atoms with E-state index in [4.69, 9.17) is 9.52 Å². The highest BCUT2D eigenvalue weighted by Crippen LogP contribution is 2.32. The highest BCUT2D eigenvalue weighted by molar-refractivity contribution is 5.97. The summed E-state index contributed by atoms with van der Waals surface area (Å²) in [7, 11) is 1.35. The molecule has 134 valence electrons. The molecule has 25 heavy (non-hydrogen) atoms. The van der Waals surface area contributed by atoms with Crippen molar-refractivity contribution in [2.75, 3.05) is 7.05 Å². The summed E-state index contributed by atoms with van der Waals surface area (Å²) in [6, 6.07) is 4.99. The lowest BCUT2D eigenvalue weighted by Crippen LogP contribution is -2.28. The molecule has 0 aliphatic rings. The Kier molecular flexibility index (Phi) is 5.20. The molecule has 0 radical (unpaired) electrons. The summed E-state index contributed by atoms with van der Waals surface area (Å²) in [5.74, 6) is -1.79. The zero-order chi connectivity index (χ0) is 18.8. The molecule has 1 aromatic heterocycles. The van der Waals surface area contributed by atoms with Gasteiger partial charge in [-0.3, -0.25) is 9.59 Å². The van der Waals surface area contributed by atoms with E-state index in [1.807, 2.05) is 0 Å². The second-order valence-corrected chi connectivity index (χ2v) is 5.60. The van der Waals surface area contributed by atoms with Gasteiger partial charge in [0.2, 0.25) is 0 Å². The molecule has 2 aromatic rings. The summed E-state index contributed by atoms with van der Waals surface area (Å²) in [5, 5.41) is 8.87. The Morgan fingerprint density at radius 1 is 1.24 bits per heavy atom. The van der Waals surface area contributed by atoms with E-state index in [0.717, 1.165) is 11.0 Å². The topological polar surface area (TPSA) is 70.7 Å². The predicted molar refractivity (Wildman–Crippen MR) is 82.0 cm³/mol. The maximum atomic E-state index is 13.1. The second kappa shape index (κ2) is 7.00. The number of rotatable bonds is 5. The number of hydrogen-bond donors (Lipinski definition) is 1. The SMILES string of the molecule is Cc1coc(CC(=O)O)c1C(=O)N(C)Cc1ccccc1C(F)(F)F. The molecular weight excluding hydrogens is 339 g/mol. The minimum Gasteiger partial charge on any atom is -0.481 e. The molecule has 0 bridgehead atoms.